The number of nitrogens with zero attached hydrogens (tertiary/aromatic N) is 3. The predicted octanol–water partition coefficient (Wildman–Crippen LogP) is 4.22. The molecule has 0 aromatic carbocycles. The molecule has 5 heteroatoms. The van der Waals surface area contributed by atoms with Crippen LogP contribution in [0.4, 0.5) is 5.82 Å². The topological polar surface area (TPSA) is 29.0 Å². The zero-order valence-electron chi connectivity index (χ0n) is 11.1. The second-order valence-electron chi connectivity index (χ2n) is 5.05. The molecule has 0 radical (unpaired) electrons. The summed E-state index contributed by atoms with van der Waals surface area (Å²) in [6, 6.07) is 2.49. The largest absolute Gasteiger partial charge is 0.356 e. The lowest BCUT2D eigenvalue weighted by molar-refractivity contribution is 0.502. The Morgan fingerprint density at radius 3 is 2.72 bits per heavy atom. The van der Waals surface area contributed by atoms with Crippen LogP contribution in [-0.2, 0) is 0 Å². The van der Waals surface area contributed by atoms with E-state index in [4.69, 9.17) is 11.6 Å². The Balaban J connectivity index is 2.37. The first-order valence-corrected chi connectivity index (χ1v) is 7.38. The van der Waals surface area contributed by atoms with Crippen molar-refractivity contribution < 1.29 is 0 Å². The molecule has 3 nitrogen and oxygen atoms in total. The van der Waals surface area contributed by atoms with Gasteiger partial charge in [0.1, 0.15) is 10.6 Å². The van der Waals surface area contributed by atoms with Crippen molar-refractivity contribution in [3.05, 3.63) is 16.7 Å². The van der Waals surface area contributed by atoms with Gasteiger partial charge in [0, 0.05) is 13.1 Å². The van der Waals surface area contributed by atoms with Crippen LogP contribution in [0.2, 0.25) is 5.28 Å². The monoisotopic (exact) mass is 283 g/mol. The van der Waals surface area contributed by atoms with Gasteiger partial charge in [0.05, 0.1) is 5.39 Å². The highest BCUT2D eigenvalue weighted by Crippen LogP contribution is 2.30. The fraction of sp³-hybridized carbons (Fsp3) is 0.538. The van der Waals surface area contributed by atoms with Crippen molar-refractivity contribution in [1.29, 1.82) is 0 Å². The Morgan fingerprint density at radius 2 is 2.06 bits per heavy atom. The zero-order chi connectivity index (χ0) is 13.3. The van der Waals surface area contributed by atoms with Crippen LogP contribution >= 0.6 is 22.9 Å². The van der Waals surface area contributed by atoms with Crippen LogP contribution in [0.15, 0.2) is 11.4 Å². The van der Waals surface area contributed by atoms with Crippen molar-refractivity contribution in [3.8, 4) is 0 Å². The molecular formula is C13H18ClN3S. The average molecular weight is 284 g/mol. The number of thiophene rings is 1. The Bertz CT molecular complexity index is 538. The van der Waals surface area contributed by atoms with Gasteiger partial charge in [-0.1, -0.05) is 13.8 Å². The molecule has 0 fully saturated rings. The number of anilines is 1. The molecule has 98 valence electrons. The van der Waals surface area contributed by atoms with E-state index < -0.39 is 0 Å². The summed E-state index contributed by atoms with van der Waals surface area (Å²) in [6.45, 7) is 6.68. The van der Waals surface area contributed by atoms with Gasteiger partial charge >= 0.3 is 0 Å². The third-order valence-electron chi connectivity index (χ3n) is 3.09. The normalized spacial score (nSPS) is 13.2. The lowest BCUT2D eigenvalue weighted by Gasteiger charge is -2.27. The van der Waals surface area contributed by atoms with Crippen LogP contribution in [0.5, 0.6) is 0 Å². The van der Waals surface area contributed by atoms with Gasteiger partial charge in [-0.25, -0.2) is 4.98 Å². The molecule has 0 aliphatic carbocycles. The number of halogens is 1. The standard InChI is InChI=1S/C13H18ClN3S/c1-8(2)7-9(3)17(4)11-10-5-6-18-12(10)16-13(14)15-11/h5-6,8-9H,7H2,1-4H3. The molecule has 0 saturated heterocycles. The summed E-state index contributed by atoms with van der Waals surface area (Å²) in [4.78, 5) is 11.8. The third-order valence-corrected chi connectivity index (χ3v) is 4.06. The van der Waals surface area contributed by atoms with E-state index in [1.165, 1.54) is 0 Å². The SMILES string of the molecule is CC(C)CC(C)N(C)c1nc(Cl)nc2sccc12. The first-order valence-electron chi connectivity index (χ1n) is 6.12. The lowest BCUT2D eigenvalue weighted by atomic mass is 10.0. The minimum Gasteiger partial charge on any atom is -0.356 e. The maximum absolute atomic E-state index is 5.99. The van der Waals surface area contributed by atoms with E-state index in [0.29, 0.717) is 17.2 Å². The van der Waals surface area contributed by atoms with Crippen LogP contribution in [0.1, 0.15) is 27.2 Å². The predicted molar refractivity (Wildman–Crippen MR) is 79.7 cm³/mol. The molecule has 2 rings (SSSR count). The smallest absolute Gasteiger partial charge is 0.225 e. The molecule has 0 bridgehead atoms. The maximum atomic E-state index is 5.99. The van der Waals surface area contributed by atoms with Crippen molar-refractivity contribution in [3.63, 3.8) is 0 Å². The summed E-state index contributed by atoms with van der Waals surface area (Å²) < 4.78 is 0. The molecule has 0 N–H and O–H groups in total. The van der Waals surface area contributed by atoms with Gasteiger partial charge < -0.3 is 4.90 Å². The summed E-state index contributed by atoms with van der Waals surface area (Å²) >= 11 is 7.59. The van der Waals surface area contributed by atoms with Crippen LogP contribution in [0.3, 0.4) is 0 Å². The molecule has 1 unspecified atom stereocenters. The van der Waals surface area contributed by atoms with Gasteiger partial charge in [-0.15, -0.1) is 11.3 Å². The van der Waals surface area contributed by atoms with E-state index in [1.807, 2.05) is 5.38 Å². The van der Waals surface area contributed by atoms with Crippen LogP contribution < -0.4 is 4.90 Å². The van der Waals surface area contributed by atoms with Crippen LogP contribution in [0, 0.1) is 5.92 Å². The molecular weight excluding hydrogens is 266 g/mol. The number of rotatable bonds is 4. The Hall–Kier alpha value is -0.870. The quantitative estimate of drug-likeness (QED) is 0.787. The average Bonchev–Trinajstić information content (AvgIpc) is 2.73. The van der Waals surface area contributed by atoms with Crippen molar-refractivity contribution in [2.75, 3.05) is 11.9 Å². The zero-order valence-corrected chi connectivity index (χ0v) is 12.7. The highest BCUT2D eigenvalue weighted by atomic mass is 35.5. The van der Waals surface area contributed by atoms with E-state index in [0.717, 1.165) is 22.5 Å². The molecule has 2 aromatic rings. The summed E-state index contributed by atoms with van der Waals surface area (Å²) in [5.41, 5.74) is 0. The van der Waals surface area contributed by atoms with Crippen LogP contribution in [-0.4, -0.2) is 23.1 Å². The van der Waals surface area contributed by atoms with E-state index in [2.05, 4.69) is 48.8 Å². The van der Waals surface area contributed by atoms with E-state index in [-0.39, 0.29) is 0 Å². The third kappa shape index (κ3) is 2.75. The van der Waals surface area contributed by atoms with Crippen LogP contribution in [0.25, 0.3) is 10.2 Å². The molecule has 2 heterocycles. The fourth-order valence-electron chi connectivity index (χ4n) is 2.13. The van der Waals surface area contributed by atoms with E-state index in [1.54, 1.807) is 11.3 Å². The molecule has 0 amide bonds. The molecule has 0 aliphatic heterocycles. The molecule has 0 aliphatic rings. The van der Waals surface area contributed by atoms with Gasteiger partial charge in [0.2, 0.25) is 5.28 Å². The first kappa shape index (κ1) is 13.6. The Kier molecular flexibility index (Phi) is 4.07. The van der Waals surface area contributed by atoms with Gasteiger partial charge in [0.15, 0.2) is 0 Å². The molecule has 2 aromatic heterocycles. The molecule has 1 atom stereocenters. The second kappa shape index (κ2) is 5.41. The summed E-state index contributed by atoms with van der Waals surface area (Å²) in [5.74, 6) is 1.59. The van der Waals surface area contributed by atoms with Gasteiger partial charge in [-0.2, -0.15) is 4.98 Å². The van der Waals surface area contributed by atoms with Crippen molar-refractivity contribution in [2.24, 2.45) is 5.92 Å². The van der Waals surface area contributed by atoms with Crippen molar-refractivity contribution >= 4 is 39.0 Å². The second-order valence-corrected chi connectivity index (χ2v) is 6.28. The Labute approximate surface area is 117 Å². The molecule has 0 saturated carbocycles. The number of aromatic nitrogens is 2. The summed E-state index contributed by atoms with van der Waals surface area (Å²) in [6.07, 6.45) is 1.13. The minimum atomic E-state index is 0.323. The number of fused-ring (bicyclic) bond motifs is 1. The highest BCUT2D eigenvalue weighted by molar-refractivity contribution is 7.16. The lowest BCUT2D eigenvalue weighted by Crippen LogP contribution is -2.31. The first-order chi connectivity index (χ1) is 8.49. The van der Waals surface area contributed by atoms with E-state index >= 15 is 0 Å². The summed E-state index contributed by atoms with van der Waals surface area (Å²) in [5, 5.41) is 3.44. The van der Waals surface area contributed by atoms with Crippen molar-refractivity contribution in [2.45, 2.75) is 33.2 Å². The van der Waals surface area contributed by atoms with E-state index in [9.17, 15) is 0 Å². The number of hydrogen-bond acceptors (Lipinski definition) is 4. The minimum absolute atomic E-state index is 0.323. The van der Waals surface area contributed by atoms with Gasteiger partial charge in [0.25, 0.3) is 0 Å². The summed E-state index contributed by atoms with van der Waals surface area (Å²) in [7, 11) is 2.07. The van der Waals surface area contributed by atoms with Gasteiger partial charge in [-0.3, -0.25) is 0 Å². The van der Waals surface area contributed by atoms with Crippen molar-refractivity contribution in [1.82, 2.24) is 9.97 Å². The molecule has 0 spiro atoms. The molecule has 18 heavy (non-hydrogen) atoms. The fourth-order valence-corrected chi connectivity index (χ4v) is 3.11. The highest BCUT2D eigenvalue weighted by Gasteiger charge is 2.17. The number of hydrogen-bond donors (Lipinski definition) is 0. The maximum Gasteiger partial charge on any atom is 0.225 e. The van der Waals surface area contributed by atoms with Gasteiger partial charge in [-0.05, 0) is 42.3 Å². The Morgan fingerprint density at radius 1 is 1.33 bits per heavy atom.